The summed E-state index contributed by atoms with van der Waals surface area (Å²) in [6.45, 7) is 3.97. The first-order valence-electron chi connectivity index (χ1n) is 8.14. The van der Waals surface area contributed by atoms with Gasteiger partial charge in [-0.1, -0.05) is 25.1 Å². The number of rotatable bonds is 4. The van der Waals surface area contributed by atoms with Crippen LogP contribution in [0.4, 0.5) is 5.69 Å². The van der Waals surface area contributed by atoms with Crippen LogP contribution >= 0.6 is 12.2 Å². The quantitative estimate of drug-likeness (QED) is 0.680. The Morgan fingerprint density at radius 1 is 1.24 bits per heavy atom. The Morgan fingerprint density at radius 2 is 2.04 bits per heavy atom. The first kappa shape index (κ1) is 17.1. The van der Waals surface area contributed by atoms with Crippen LogP contribution in [-0.4, -0.2) is 16.0 Å². The lowest BCUT2D eigenvalue weighted by molar-refractivity contribution is -0.119. The maximum atomic E-state index is 11.6. The molecular weight excluding hydrogens is 334 g/mol. The van der Waals surface area contributed by atoms with Gasteiger partial charge in [0, 0.05) is 17.7 Å². The van der Waals surface area contributed by atoms with E-state index >= 15 is 0 Å². The highest BCUT2D eigenvalue weighted by molar-refractivity contribution is 7.80. The fourth-order valence-corrected chi connectivity index (χ4v) is 2.74. The molecule has 0 atom stereocenters. The van der Waals surface area contributed by atoms with E-state index in [-0.39, 0.29) is 11.0 Å². The molecule has 2 N–H and O–H groups in total. The molecule has 25 heavy (non-hydrogen) atoms. The van der Waals surface area contributed by atoms with Crippen molar-refractivity contribution in [1.29, 1.82) is 0 Å². The van der Waals surface area contributed by atoms with Gasteiger partial charge in [0.25, 0.3) is 0 Å². The van der Waals surface area contributed by atoms with E-state index in [2.05, 4.69) is 15.6 Å². The highest BCUT2D eigenvalue weighted by atomic mass is 32.1. The molecule has 0 unspecified atom stereocenters. The minimum absolute atomic E-state index is 0.0932. The van der Waals surface area contributed by atoms with Gasteiger partial charge in [-0.2, -0.15) is 0 Å². The van der Waals surface area contributed by atoms with Crippen molar-refractivity contribution in [3.63, 3.8) is 0 Å². The van der Waals surface area contributed by atoms with E-state index < -0.39 is 0 Å². The summed E-state index contributed by atoms with van der Waals surface area (Å²) in [5, 5.41) is 5.93. The van der Waals surface area contributed by atoms with Gasteiger partial charge < -0.3 is 15.1 Å². The Bertz CT molecular complexity index is 933. The normalized spacial score (nSPS) is 10.6. The molecule has 0 aliphatic rings. The van der Waals surface area contributed by atoms with E-state index in [0.29, 0.717) is 17.9 Å². The molecule has 2 aromatic carbocycles. The lowest BCUT2D eigenvalue weighted by Gasteiger charge is -2.08. The molecule has 0 aliphatic heterocycles. The summed E-state index contributed by atoms with van der Waals surface area (Å²) in [7, 11) is 0. The summed E-state index contributed by atoms with van der Waals surface area (Å²) in [6.07, 6.45) is 1.23. The fourth-order valence-electron chi connectivity index (χ4n) is 2.51. The molecule has 1 heterocycles. The van der Waals surface area contributed by atoms with Crippen LogP contribution < -0.4 is 10.6 Å². The molecule has 0 saturated heterocycles. The second-order valence-corrected chi connectivity index (χ2v) is 6.18. The summed E-state index contributed by atoms with van der Waals surface area (Å²) in [5.41, 5.74) is 4.25. The Balaban J connectivity index is 1.80. The standard InChI is InChI=1S/C19H19N3O2S/c1-3-6-17(23)22-19(25)20-13-9-10-16-15(11-13)21-18(24-16)14-8-5-4-7-12(14)2/h4-5,7-11H,3,6H2,1-2H3,(H2,20,22,23,25). The van der Waals surface area contributed by atoms with Crippen molar-refractivity contribution in [2.45, 2.75) is 26.7 Å². The van der Waals surface area contributed by atoms with E-state index in [1.807, 2.05) is 56.3 Å². The number of aryl methyl sites for hydroxylation is 1. The van der Waals surface area contributed by atoms with Crippen LogP contribution in [0.3, 0.4) is 0 Å². The number of nitrogens with zero attached hydrogens (tertiary/aromatic N) is 1. The number of hydrogen-bond acceptors (Lipinski definition) is 4. The third-order valence-electron chi connectivity index (χ3n) is 3.75. The van der Waals surface area contributed by atoms with Crippen LogP contribution in [0.5, 0.6) is 0 Å². The Labute approximate surface area is 151 Å². The molecule has 3 aromatic rings. The van der Waals surface area contributed by atoms with Crippen LogP contribution in [0, 0.1) is 6.92 Å². The molecule has 1 aromatic heterocycles. The van der Waals surface area contributed by atoms with Crippen LogP contribution in [0.1, 0.15) is 25.3 Å². The number of carbonyl (C=O) groups is 1. The molecule has 0 bridgehead atoms. The van der Waals surface area contributed by atoms with Crippen LogP contribution in [-0.2, 0) is 4.79 Å². The zero-order valence-corrected chi connectivity index (χ0v) is 14.9. The number of oxazole rings is 1. The number of anilines is 1. The maximum absolute atomic E-state index is 11.6. The number of hydrogen-bond donors (Lipinski definition) is 2. The monoisotopic (exact) mass is 353 g/mol. The van der Waals surface area contributed by atoms with Gasteiger partial charge in [-0.15, -0.1) is 0 Å². The lowest BCUT2D eigenvalue weighted by Crippen LogP contribution is -2.33. The predicted molar refractivity (Wildman–Crippen MR) is 103 cm³/mol. The molecule has 0 radical (unpaired) electrons. The number of thiocarbonyl (C=S) groups is 1. The SMILES string of the molecule is CCCC(=O)NC(=S)Nc1ccc2oc(-c3ccccc3C)nc2c1. The van der Waals surface area contributed by atoms with Crippen molar-refractivity contribution in [3.8, 4) is 11.5 Å². The molecule has 128 valence electrons. The van der Waals surface area contributed by atoms with Crippen LogP contribution in [0.25, 0.3) is 22.6 Å². The molecule has 0 saturated carbocycles. The highest BCUT2D eigenvalue weighted by Gasteiger charge is 2.11. The minimum atomic E-state index is -0.0932. The predicted octanol–water partition coefficient (Wildman–Crippen LogP) is 4.42. The summed E-state index contributed by atoms with van der Waals surface area (Å²) >= 11 is 5.16. The third kappa shape index (κ3) is 4.03. The Morgan fingerprint density at radius 3 is 2.80 bits per heavy atom. The first-order valence-corrected chi connectivity index (χ1v) is 8.55. The van der Waals surface area contributed by atoms with Crippen molar-refractivity contribution in [1.82, 2.24) is 10.3 Å². The largest absolute Gasteiger partial charge is 0.436 e. The Hall–Kier alpha value is -2.73. The number of benzene rings is 2. The van der Waals surface area contributed by atoms with Gasteiger partial charge in [-0.25, -0.2) is 4.98 Å². The summed E-state index contributed by atoms with van der Waals surface area (Å²) < 4.78 is 5.85. The van der Waals surface area contributed by atoms with E-state index in [1.54, 1.807) is 0 Å². The topological polar surface area (TPSA) is 67.2 Å². The van der Waals surface area contributed by atoms with Gasteiger partial charge in [-0.05, 0) is 55.4 Å². The van der Waals surface area contributed by atoms with E-state index in [9.17, 15) is 4.79 Å². The smallest absolute Gasteiger partial charge is 0.227 e. The molecule has 3 rings (SSSR count). The van der Waals surface area contributed by atoms with Crippen molar-refractivity contribution < 1.29 is 9.21 Å². The molecule has 0 spiro atoms. The number of carbonyl (C=O) groups excluding carboxylic acids is 1. The molecule has 5 nitrogen and oxygen atoms in total. The van der Waals surface area contributed by atoms with Gasteiger partial charge in [0.1, 0.15) is 5.52 Å². The molecule has 0 fully saturated rings. The molecule has 6 heteroatoms. The van der Waals surface area contributed by atoms with E-state index in [4.69, 9.17) is 16.6 Å². The summed E-state index contributed by atoms with van der Waals surface area (Å²) in [6, 6.07) is 13.5. The average molecular weight is 353 g/mol. The van der Waals surface area contributed by atoms with Gasteiger partial charge in [0.15, 0.2) is 10.7 Å². The summed E-state index contributed by atoms with van der Waals surface area (Å²) in [5.74, 6) is 0.494. The van der Waals surface area contributed by atoms with Gasteiger partial charge in [-0.3, -0.25) is 4.79 Å². The van der Waals surface area contributed by atoms with Gasteiger partial charge in [0.2, 0.25) is 11.8 Å². The van der Waals surface area contributed by atoms with Crippen molar-refractivity contribution >= 4 is 40.0 Å². The van der Waals surface area contributed by atoms with Crippen molar-refractivity contribution in [2.24, 2.45) is 0 Å². The number of nitrogens with one attached hydrogen (secondary N) is 2. The fraction of sp³-hybridized carbons (Fsp3) is 0.211. The van der Waals surface area contributed by atoms with Gasteiger partial charge in [0.05, 0.1) is 0 Å². The first-order chi connectivity index (χ1) is 12.1. The maximum Gasteiger partial charge on any atom is 0.227 e. The summed E-state index contributed by atoms with van der Waals surface area (Å²) in [4.78, 5) is 16.1. The average Bonchev–Trinajstić information content (AvgIpc) is 2.98. The minimum Gasteiger partial charge on any atom is -0.436 e. The van der Waals surface area contributed by atoms with Gasteiger partial charge >= 0.3 is 0 Å². The number of fused-ring (bicyclic) bond motifs is 1. The molecule has 1 amide bonds. The van der Waals surface area contributed by atoms with Crippen LogP contribution in [0.15, 0.2) is 46.9 Å². The zero-order valence-electron chi connectivity index (χ0n) is 14.1. The number of aromatic nitrogens is 1. The van der Waals surface area contributed by atoms with E-state index in [1.165, 1.54) is 0 Å². The molecule has 0 aliphatic carbocycles. The third-order valence-corrected chi connectivity index (χ3v) is 3.96. The van der Waals surface area contributed by atoms with E-state index in [0.717, 1.165) is 28.8 Å². The second-order valence-electron chi connectivity index (χ2n) is 5.77. The second kappa shape index (κ2) is 7.44. The van der Waals surface area contributed by atoms with Crippen LogP contribution in [0.2, 0.25) is 0 Å². The number of amides is 1. The lowest BCUT2D eigenvalue weighted by atomic mass is 10.1. The molecular formula is C19H19N3O2S. The highest BCUT2D eigenvalue weighted by Crippen LogP contribution is 2.28. The van der Waals surface area contributed by atoms with Crippen molar-refractivity contribution in [3.05, 3.63) is 48.0 Å². The van der Waals surface area contributed by atoms with Crippen molar-refractivity contribution in [2.75, 3.05) is 5.32 Å². The zero-order chi connectivity index (χ0) is 17.8. The Kier molecular flexibility index (Phi) is 5.09.